The van der Waals surface area contributed by atoms with Crippen LogP contribution in [0.1, 0.15) is 15.9 Å². The topological polar surface area (TPSA) is 85.3 Å². The van der Waals surface area contributed by atoms with Crippen LogP contribution < -0.4 is 10.5 Å². The van der Waals surface area contributed by atoms with E-state index in [0.29, 0.717) is 10.5 Å². The molecular formula is C17H16N2O3S. The summed E-state index contributed by atoms with van der Waals surface area (Å²) in [5.41, 5.74) is 8.19. The lowest BCUT2D eigenvalue weighted by Crippen LogP contribution is -2.10. The van der Waals surface area contributed by atoms with Gasteiger partial charge in [-0.3, -0.25) is 0 Å². The molecule has 0 atom stereocenters. The van der Waals surface area contributed by atoms with E-state index in [1.807, 2.05) is 18.4 Å². The van der Waals surface area contributed by atoms with Crippen LogP contribution >= 0.6 is 11.8 Å². The quantitative estimate of drug-likeness (QED) is 0.526. The smallest absolute Gasteiger partial charge is 0.341 e. The molecule has 0 fully saturated rings. The summed E-state index contributed by atoms with van der Waals surface area (Å²) in [4.78, 5) is 12.6. The second kappa shape index (κ2) is 7.07. The first-order valence-corrected chi connectivity index (χ1v) is 7.93. The second-order valence-corrected chi connectivity index (χ2v) is 5.47. The van der Waals surface area contributed by atoms with E-state index in [-0.39, 0.29) is 16.8 Å². The molecule has 0 unspecified atom stereocenters. The Labute approximate surface area is 139 Å². The first-order valence-electron chi connectivity index (χ1n) is 6.70. The maximum Gasteiger partial charge on any atom is 0.341 e. The SMILES string of the molecule is COC(=O)c1c(SC)cc(-c2ccc(OC)cc2)c(C#N)c1N. The van der Waals surface area contributed by atoms with Gasteiger partial charge in [0.25, 0.3) is 0 Å². The number of carbonyl (C=O) groups excluding carboxylic acids is 1. The van der Waals surface area contributed by atoms with Crippen molar-refractivity contribution in [3.63, 3.8) is 0 Å². The number of carbonyl (C=O) groups is 1. The highest BCUT2D eigenvalue weighted by Gasteiger charge is 2.22. The van der Waals surface area contributed by atoms with E-state index in [0.717, 1.165) is 11.3 Å². The molecule has 0 amide bonds. The average molecular weight is 328 g/mol. The van der Waals surface area contributed by atoms with Gasteiger partial charge in [0.05, 0.1) is 31.0 Å². The summed E-state index contributed by atoms with van der Waals surface area (Å²) in [7, 11) is 2.87. The van der Waals surface area contributed by atoms with Gasteiger partial charge in [-0.25, -0.2) is 4.79 Å². The lowest BCUT2D eigenvalue weighted by molar-refractivity contribution is 0.0598. The van der Waals surface area contributed by atoms with Crippen molar-refractivity contribution in [2.45, 2.75) is 4.90 Å². The predicted molar refractivity (Wildman–Crippen MR) is 90.7 cm³/mol. The first-order chi connectivity index (χ1) is 11.1. The van der Waals surface area contributed by atoms with Gasteiger partial charge in [-0.2, -0.15) is 5.26 Å². The number of thioether (sulfide) groups is 1. The van der Waals surface area contributed by atoms with Crippen LogP contribution in [0, 0.1) is 11.3 Å². The summed E-state index contributed by atoms with van der Waals surface area (Å²) < 4.78 is 9.92. The molecule has 0 bridgehead atoms. The van der Waals surface area contributed by atoms with Gasteiger partial charge in [0.1, 0.15) is 11.8 Å². The van der Waals surface area contributed by atoms with Gasteiger partial charge in [0, 0.05) is 10.5 Å². The number of ether oxygens (including phenoxy) is 2. The molecule has 0 spiro atoms. The molecule has 2 aromatic carbocycles. The van der Waals surface area contributed by atoms with Crippen molar-refractivity contribution in [3.8, 4) is 22.9 Å². The Kier molecular flexibility index (Phi) is 5.14. The number of hydrogen-bond donors (Lipinski definition) is 1. The summed E-state index contributed by atoms with van der Waals surface area (Å²) >= 11 is 1.37. The third-order valence-electron chi connectivity index (χ3n) is 3.45. The molecule has 2 N–H and O–H groups in total. The predicted octanol–water partition coefficient (Wildman–Crippen LogP) is 3.32. The van der Waals surface area contributed by atoms with Crippen LogP contribution in [-0.2, 0) is 4.74 Å². The number of nitrogens with zero attached hydrogens (tertiary/aromatic N) is 1. The van der Waals surface area contributed by atoms with E-state index in [2.05, 4.69) is 6.07 Å². The van der Waals surface area contributed by atoms with Crippen molar-refractivity contribution in [3.05, 3.63) is 41.5 Å². The molecule has 0 aliphatic rings. The summed E-state index contributed by atoms with van der Waals surface area (Å²) in [6.45, 7) is 0. The van der Waals surface area contributed by atoms with Gasteiger partial charge in [0.2, 0.25) is 0 Å². The fourth-order valence-corrected chi connectivity index (χ4v) is 2.90. The Morgan fingerprint density at radius 1 is 1.26 bits per heavy atom. The maximum atomic E-state index is 12.0. The average Bonchev–Trinajstić information content (AvgIpc) is 2.60. The van der Waals surface area contributed by atoms with Crippen molar-refractivity contribution >= 4 is 23.4 Å². The minimum Gasteiger partial charge on any atom is -0.497 e. The number of anilines is 1. The number of esters is 1. The van der Waals surface area contributed by atoms with Gasteiger partial charge < -0.3 is 15.2 Å². The third kappa shape index (κ3) is 3.10. The van der Waals surface area contributed by atoms with Gasteiger partial charge in [0.15, 0.2) is 0 Å². The van der Waals surface area contributed by atoms with E-state index in [1.54, 1.807) is 25.3 Å². The number of rotatable bonds is 4. The molecule has 5 nitrogen and oxygen atoms in total. The van der Waals surface area contributed by atoms with Gasteiger partial charge in [-0.05, 0) is 30.0 Å². The lowest BCUT2D eigenvalue weighted by Gasteiger charge is -2.15. The van der Waals surface area contributed by atoms with E-state index in [1.165, 1.54) is 18.9 Å². The monoisotopic (exact) mass is 328 g/mol. The number of benzene rings is 2. The third-order valence-corrected chi connectivity index (χ3v) is 4.21. The van der Waals surface area contributed by atoms with Crippen molar-refractivity contribution < 1.29 is 14.3 Å². The van der Waals surface area contributed by atoms with Crippen LogP contribution in [-0.4, -0.2) is 26.4 Å². The van der Waals surface area contributed by atoms with Crippen molar-refractivity contribution in [1.82, 2.24) is 0 Å². The Bertz CT molecular complexity index is 780. The molecule has 2 aromatic rings. The molecule has 118 valence electrons. The number of nitrogen functional groups attached to an aromatic ring is 1. The zero-order valence-corrected chi connectivity index (χ0v) is 13.9. The Balaban J connectivity index is 2.71. The molecule has 0 aliphatic carbocycles. The normalized spacial score (nSPS) is 10.0. The fourth-order valence-electron chi connectivity index (χ4n) is 2.27. The van der Waals surface area contributed by atoms with E-state index in [9.17, 15) is 10.1 Å². The largest absolute Gasteiger partial charge is 0.497 e. The van der Waals surface area contributed by atoms with Gasteiger partial charge in [-0.1, -0.05) is 12.1 Å². The Hall–Kier alpha value is -2.65. The summed E-state index contributed by atoms with van der Waals surface area (Å²) in [6.07, 6.45) is 1.84. The highest BCUT2D eigenvalue weighted by Crippen LogP contribution is 2.37. The molecule has 0 aromatic heterocycles. The van der Waals surface area contributed by atoms with Crippen molar-refractivity contribution in [1.29, 1.82) is 5.26 Å². The zero-order valence-electron chi connectivity index (χ0n) is 13.0. The summed E-state index contributed by atoms with van der Waals surface area (Å²) in [5.74, 6) is 0.168. The minimum absolute atomic E-state index is 0.136. The second-order valence-electron chi connectivity index (χ2n) is 4.62. The van der Waals surface area contributed by atoms with Crippen LogP contribution in [0.25, 0.3) is 11.1 Å². The van der Waals surface area contributed by atoms with E-state index < -0.39 is 5.97 Å². The highest BCUT2D eigenvalue weighted by atomic mass is 32.2. The van der Waals surface area contributed by atoms with E-state index in [4.69, 9.17) is 15.2 Å². The summed E-state index contributed by atoms with van der Waals surface area (Å²) in [6, 6.07) is 11.2. The van der Waals surface area contributed by atoms with Crippen molar-refractivity contribution in [2.24, 2.45) is 0 Å². The first kappa shape index (κ1) is 16.7. The maximum absolute atomic E-state index is 12.0. The Morgan fingerprint density at radius 2 is 1.91 bits per heavy atom. The van der Waals surface area contributed by atoms with Crippen LogP contribution in [0.2, 0.25) is 0 Å². The fraction of sp³-hybridized carbons (Fsp3) is 0.176. The molecule has 0 aliphatic heterocycles. The van der Waals surface area contributed by atoms with E-state index >= 15 is 0 Å². The van der Waals surface area contributed by atoms with Crippen molar-refractivity contribution in [2.75, 3.05) is 26.2 Å². The minimum atomic E-state index is -0.551. The molecule has 0 heterocycles. The van der Waals surface area contributed by atoms with Crippen LogP contribution in [0.4, 0.5) is 5.69 Å². The molecule has 2 rings (SSSR count). The number of nitrogens with two attached hydrogens (primary N) is 1. The lowest BCUT2D eigenvalue weighted by atomic mass is 9.96. The standard InChI is InChI=1S/C17H16N2O3S/c1-21-11-6-4-10(5-7-11)12-8-14(23-3)15(17(20)22-2)16(19)13(12)9-18/h4-8H,19H2,1-3H3. The molecule has 0 saturated heterocycles. The number of methoxy groups -OCH3 is 2. The molecular weight excluding hydrogens is 312 g/mol. The van der Waals surface area contributed by atoms with Gasteiger partial charge >= 0.3 is 5.97 Å². The Morgan fingerprint density at radius 3 is 2.39 bits per heavy atom. The molecule has 0 radical (unpaired) electrons. The van der Waals surface area contributed by atoms with Crippen LogP contribution in [0.15, 0.2) is 35.2 Å². The summed E-state index contributed by atoms with van der Waals surface area (Å²) in [5, 5.41) is 9.49. The van der Waals surface area contributed by atoms with Crippen LogP contribution in [0.3, 0.4) is 0 Å². The molecule has 23 heavy (non-hydrogen) atoms. The molecule has 6 heteroatoms. The number of hydrogen-bond acceptors (Lipinski definition) is 6. The molecule has 0 saturated carbocycles. The van der Waals surface area contributed by atoms with Crippen LogP contribution in [0.5, 0.6) is 5.75 Å². The highest BCUT2D eigenvalue weighted by molar-refractivity contribution is 7.98. The number of nitriles is 1. The van der Waals surface area contributed by atoms with Gasteiger partial charge in [-0.15, -0.1) is 11.8 Å². The zero-order chi connectivity index (χ0) is 17.0.